The van der Waals surface area contributed by atoms with E-state index in [4.69, 9.17) is 23.2 Å². The first-order valence-electron chi connectivity index (χ1n) is 4.80. The van der Waals surface area contributed by atoms with Crippen LogP contribution in [0.4, 0.5) is 4.39 Å². The number of aryl methyl sites for hydroxylation is 1. The van der Waals surface area contributed by atoms with Crippen molar-refractivity contribution in [3.05, 3.63) is 40.3 Å². The number of benzene rings is 1. The molecule has 0 unspecified atom stereocenters. The van der Waals surface area contributed by atoms with Crippen molar-refractivity contribution >= 4 is 23.2 Å². The van der Waals surface area contributed by atoms with Crippen LogP contribution in [-0.2, 0) is 6.54 Å². The summed E-state index contributed by atoms with van der Waals surface area (Å²) in [6, 6.07) is 4.50. The maximum absolute atomic E-state index is 13.6. The molecule has 1 heterocycles. The van der Waals surface area contributed by atoms with Crippen LogP contribution in [-0.4, -0.2) is 9.78 Å². The summed E-state index contributed by atoms with van der Waals surface area (Å²) in [5, 5.41) is 4.89. The molecule has 0 fully saturated rings. The summed E-state index contributed by atoms with van der Waals surface area (Å²) in [6.07, 6.45) is 1.65. The largest absolute Gasteiger partial charge is 0.271 e. The number of nitrogens with zero attached hydrogens (tertiary/aromatic N) is 2. The molecule has 1 aromatic heterocycles. The molecule has 84 valence electrons. The molecule has 0 saturated carbocycles. The Morgan fingerprint density at radius 2 is 2.06 bits per heavy atom. The molecular formula is C11H9Cl2FN2. The lowest BCUT2D eigenvalue weighted by Gasteiger charge is -2.02. The van der Waals surface area contributed by atoms with Crippen molar-refractivity contribution in [2.75, 3.05) is 0 Å². The number of hydrogen-bond acceptors (Lipinski definition) is 1. The lowest BCUT2D eigenvalue weighted by Crippen LogP contribution is -1.95. The maximum atomic E-state index is 13.6. The van der Waals surface area contributed by atoms with E-state index in [1.165, 1.54) is 6.07 Å². The van der Waals surface area contributed by atoms with Gasteiger partial charge in [0, 0.05) is 12.7 Å². The predicted molar refractivity (Wildman–Crippen MR) is 63.3 cm³/mol. The second-order valence-corrected chi connectivity index (χ2v) is 4.09. The van der Waals surface area contributed by atoms with E-state index in [2.05, 4.69) is 5.10 Å². The number of hydrogen-bond donors (Lipinski definition) is 0. The van der Waals surface area contributed by atoms with Crippen LogP contribution in [0.3, 0.4) is 0 Å². The Kier molecular flexibility index (Phi) is 3.17. The molecule has 0 amide bonds. The molecule has 5 heteroatoms. The Bertz CT molecular complexity index is 502. The van der Waals surface area contributed by atoms with Gasteiger partial charge < -0.3 is 0 Å². The van der Waals surface area contributed by atoms with E-state index in [1.54, 1.807) is 23.0 Å². The van der Waals surface area contributed by atoms with E-state index < -0.39 is 5.82 Å². The van der Waals surface area contributed by atoms with Crippen molar-refractivity contribution in [2.24, 2.45) is 0 Å². The van der Waals surface area contributed by atoms with Gasteiger partial charge in [-0.2, -0.15) is 5.10 Å². The molecule has 0 atom stereocenters. The van der Waals surface area contributed by atoms with Gasteiger partial charge in [0.05, 0.1) is 15.6 Å². The van der Waals surface area contributed by atoms with Crippen molar-refractivity contribution < 1.29 is 4.39 Å². The molecule has 16 heavy (non-hydrogen) atoms. The van der Waals surface area contributed by atoms with Crippen molar-refractivity contribution in [1.29, 1.82) is 0 Å². The van der Waals surface area contributed by atoms with Gasteiger partial charge >= 0.3 is 0 Å². The van der Waals surface area contributed by atoms with Gasteiger partial charge in [-0.1, -0.05) is 29.3 Å². The standard InChI is InChI=1S/C11H9Cl2FN2/c1-2-16-6-8(13)11(15-16)10-7(12)4-3-5-9(10)14/h3-6H,2H2,1H3. The van der Waals surface area contributed by atoms with Crippen LogP contribution in [0.15, 0.2) is 24.4 Å². The Morgan fingerprint density at radius 3 is 2.62 bits per heavy atom. The number of rotatable bonds is 2. The molecule has 0 saturated heterocycles. The van der Waals surface area contributed by atoms with Crippen LogP contribution < -0.4 is 0 Å². The van der Waals surface area contributed by atoms with Gasteiger partial charge in [0.15, 0.2) is 0 Å². The van der Waals surface area contributed by atoms with Gasteiger partial charge in [-0.05, 0) is 19.1 Å². The average molecular weight is 259 g/mol. The minimum Gasteiger partial charge on any atom is -0.271 e. The predicted octanol–water partition coefficient (Wildman–Crippen LogP) is 4.02. The van der Waals surface area contributed by atoms with E-state index >= 15 is 0 Å². The van der Waals surface area contributed by atoms with Crippen molar-refractivity contribution in [3.8, 4) is 11.3 Å². The first-order chi connectivity index (χ1) is 7.63. The van der Waals surface area contributed by atoms with Gasteiger partial charge in [0.1, 0.15) is 11.5 Å². The van der Waals surface area contributed by atoms with Crippen molar-refractivity contribution in [1.82, 2.24) is 9.78 Å². The summed E-state index contributed by atoms with van der Waals surface area (Å²) >= 11 is 11.9. The van der Waals surface area contributed by atoms with Crippen LogP contribution in [0.2, 0.25) is 10.0 Å². The highest BCUT2D eigenvalue weighted by molar-refractivity contribution is 6.36. The molecule has 0 N–H and O–H groups in total. The van der Waals surface area contributed by atoms with Gasteiger partial charge in [-0.25, -0.2) is 4.39 Å². The maximum Gasteiger partial charge on any atom is 0.134 e. The molecule has 2 rings (SSSR count). The Morgan fingerprint density at radius 1 is 1.31 bits per heavy atom. The summed E-state index contributed by atoms with van der Waals surface area (Å²) in [4.78, 5) is 0. The second-order valence-electron chi connectivity index (χ2n) is 3.28. The van der Waals surface area contributed by atoms with E-state index in [0.29, 0.717) is 22.3 Å². The summed E-state index contributed by atoms with van der Waals surface area (Å²) < 4.78 is 15.3. The number of halogens is 3. The zero-order chi connectivity index (χ0) is 11.7. The van der Waals surface area contributed by atoms with Gasteiger partial charge in [0.2, 0.25) is 0 Å². The highest BCUT2D eigenvalue weighted by atomic mass is 35.5. The normalized spacial score (nSPS) is 10.8. The smallest absolute Gasteiger partial charge is 0.134 e. The van der Waals surface area contributed by atoms with Crippen LogP contribution in [0.5, 0.6) is 0 Å². The van der Waals surface area contributed by atoms with Gasteiger partial charge in [0.25, 0.3) is 0 Å². The fourth-order valence-electron chi connectivity index (χ4n) is 1.45. The lowest BCUT2D eigenvalue weighted by molar-refractivity contribution is 0.627. The quantitative estimate of drug-likeness (QED) is 0.796. The Labute approximate surface area is 103 Å². The Hall–Kier alpha value is -1.06. The third-order valence-electron chi connectivity index (χ3n) is 2.24. The van der Waals surface area contributed by atoms with Crippen LogP contribution in [0.1, 0.15) is 6.92 Å². The van der Waals surface area contributed by atoms with E-state index in [9.17, 15) is 4.39 Å². The molecule has 0 aliphatic heterocycles. The summed E-state index contributed by atoms with van der Waals surface area (Å²) in [7, 11) is 0. The summed E-state index contributed by atoms with van der Waals surface area (Å²) in [6.45, 7) is 2.60. The third kappa shape index (κ3) is 1.93. The molecule has 0 spiro atoms. The highest BCUT2D eigenvalue weighted by Crippen LogP contribution is 2.33. The number of aromatic nitrogens is 2. The highest BCUT2D eigenvalue weighted by Gasteiger charge is 2.16. The molecule has 2 aromatic rings. The van der Waals surface area contributed by atoms with Crippen molar-refractivity contribution in [2.45, 2.75) is 13.5 Å². The minimum absolute atomic E-state index is 0.251. The summed E-state index contributed by atoms with van der Waals surface area (Å²) in [5.41, 5.74) is 0.632. The van der Waals surface area contributed by atoms with E-state index in [-0.39, 0.29) is 5.56 Å². The second kappa shape index (κ2) is 4.44. The third-order valence-corrected chi connectivity index (χ3v) is 2.83. The first kappa shape index (κ1) is 11.4. The van der Waals surface area contributed by atoms with Gasteiger partial charge in [-0.3, -0.25) is 4.68 Å². The zero-order valence-corrected chi connectivity index (χ0v) is 10.1. The van der Waals surface area contributed by atoms with Crippen molar-refractivity contribution in [3.63, 3.8) is 0 Å². The first-order valence-corrected chi connectivity index (χ1v) is 5.56. The van der Waals surface area contributed by atoms with E-state index in [0.717, 1.165) is 0 Å². The SMILES string of the molecule is CCn1cc(Cl)c(-c2c(F)cccc2Cl)n1. The monoisotopic (exact) mass is 258 g/mol. The molecule has 0 aliphatic rings. The van der Waals surface area contributed by atoms with E-state index in [1.807, 2.05) is 6.92 Å². The topological polar surface area (TPSA) is 17.8 Å². The summed E-state index contributed by atoms with van der Waals surface area (Å²) in [5.74, 6) is -0.421. The fraction of sp³-hybridized carbons (Fsp3) is 0.182. The molecule has 0 aliphatic carbocycles. The van der Waals surface area contributed by atoms with Gasteiger partial charge in [-0.15, -0.1) is 0 Å². The lowest BCUT2D eigenvalue weighted by atomic mass is 10.1. The molecule has 2 nitrogen and oxygen atoms in total. The zero-order valence-electron chi connectivity index (χ0n) is 8.54. The fourth-order valence-corrected chi connectivity index (χ4v) is 1.95. The molecule has 1 aromatic carbocycles. The molecular weight excluding hydrogens is 250 g/mol. The molecule has 0 bridgehead atoms. The Balaban J connectivity index is 2.62. The van der Waals surface area contributed by atoms with Crippen LogP contribution in [0, 0.1) is 5.82 Å². The molecule has 0 radical (unpaired) electrons. The van der Waals surface area contributed by atoms with Crippen LogP contribution >= 0.6 is 23.2 Å². The minimum atomic E-state index is -0.421. The van der Waals surface area contributed by atoms with Crippen LogP contribution in [0.25, 0.3) is 11.3 Å². The average Bonchev–Trinajstić information content (AvgIpc) is 2.60.